The topological polar surface area (TPSA) is 80.0 Å². The molecule has 152 valence electrons. The van der Waals surface area contributed by atoms with Gasteiger partial charge in [-0.05, 0) is 43.7 Å². The van der Waals surface area contributed by atoms with Crippen molar-refractivity contribution in [2.24, 2.45) is 5.92 Å². The molecule has 0 bridgehead atoms. The van der Waals surface area contributed by atoms with Crippen LogP contribution in [0.25, 0.3) is 22.3 Å². The van der Waals surface area contributed by atoms with Gasteiger partial charge in [0.1, 0.15) is 5.75 Å². The van der Waals surface area contributed by atoms with E-state index in [9.17, 15) is 23.1 Å². The monoisotopic (exact) mass is 404 g/mol. The number of aromatic nitrogens is 3. The number of halogens is 3. The van der Waals surface area contributed by atoms with Gasteiger partial charge >= 0.3 is 6.18 Å². The Morgan fingerprint density at radius 2 is 2.03 bits per heavy atom. The first-order valence-electron chi connectivity index (χ1n) is 9.15. The number of carbonyl (C=O) groups excluding carboxylic acids is 1. The highest BCUT2D eigenvalue weighted by atomic mass is 19.4. The van der Waals surface area contributed by atoms with Crippen LogP contribution in [0.15, 0.2) is 24.3 Å². The second kappa shape index (κ2) is 6.75. The van der Waals surface area contributed by atoms with E-state index in [4.69, 9.17) is 0 Å². The Balaban J connectivity index is 1.72. The fourth-order valence-corrected chi connectivity index (χ4v) is 3.76. The van der Waals surface area contributed by atoms with E-state index >= 15 is 0 Å². The van der Waals surface area contributed by atoms with Crippen molar-refractivity contribution in [2.75, 3.05) is 6.54 Å². The van der Waals surface area contributed by atoms with E-state index in [0.717, 1.165) is 17.1 Å². The lowest BCUT2D eigenvalue weighted by Crippen LogP contribution is -2.17. The van der Waals surface area contributed by atoms with Gasteiger partial charge in [-0.25, -0.2) is 4.98 Å². The van der Waals surface area contributed by atoms with Crippen LogP contribution in [0.1, 0.15) is 23.2 Å². The van der Waals surface area contributed by atoms with E-state index < -0.39 is 17.5 Å². The molecule has 1 fully saturated rings. The summed E-state index contributed by atoms with van der Waals surface area (Å²) < 4.78 is 40.7. The van der Waals surface area contributed by atoms with E-state index in [-0.39, 0.29) is 23.0 Å². The van der Waals surface area contributed by atoms with Crippen molar-refractivity contribution in [1.29, 1.82) is 0 Å². The minimum Gasteiger partial charge on any atom is -0.507 e. The third-order valence-electron chi connectivity index (χ3n) is 5.26. The van der Waals surface area contributed by atoms with Crippen LogP contribution in [0.3, 0.4) is 0 Å². The lowest BCUT2D eigenvalue weighted by atomic mass is 10.00. The van der Waals surface area contributed by atoms with Crippen molar-refractivity contribution in [3.8, 4) is 17.0 Å². The van der Waals surface area contributed by atoms with Gasteiger partial charge in [-0.3, -0.25) is 9.48 Å². The zero-order chi connectivity index (χ0) is 20.9. The number of hydrogen-bond donors (Lipinski definition) is 2. The van der Waals surface area contributed by atoms with Gasteiger partial charge in [0.15, 0.2) is 5.65 Å². The highest BCUT2D eigenvalue weighted by Gasteiger charge is 2.32. The third-order valence-corrected chi connectivity index (χ3v) is 5.26. The summed E-state index contributed by atoms with van der Waals surface area (Å²) in [5.41, 5.74) is 1.30. The van der Waals surface area contributed by atoms with Gasteiger partial charge in [0.25, 0.3) is 0 Å². The van der Waals surface area contributed by atoms with Gasteiger partial charge in [0.05, 0.1) is 11.3 Å². The summed E-state index contributed by atoms with van der Waals surface area (Å²) in [6, 6.07) is 5.17. The number of nitrogens with one attached hydrogen (secondary N) is 1. The van der Waals surface area contributed by atoms with E-state index in [1.54, 1.807) is 16.8 Å². The molecule has 4 rings (SSSR count). The molecule has 3 aromatic rings. The summed E-state index contributed by atoms with van der Waals surface area (Å²) in [5, 5.41) is 18.4. The molecule has 0 spiro atoms. The molecule has 0 saturated carbocycles. The zero-order valence-corrected chi connectivity index (χ0v) is 15.8. The summed E-state index contributed by atoms with van der Waals surface area (Å²) in [5.74, 6) is -0.301. The normalized spacial score (nSPS) is 17.1. The number of carbonyl (C=O) groups is 1. The first kappa shape index (κ1) is 19.2. The molecule has 6 nitrogen and oxygen atoms in total. The number of benzene rings is 1. The second-order valence-electron chi connectivity index (χ2n) is 7.39. The first-order chi connectivity index (χ1) is 13.6. The smallest absolute Gasteiger partial charge is 0.416 e. The zero-order valence-electron chi connectivity index (χ0n) is 15.8. The fourth-order valence-electron chi connectivity index (χ4n) is 3.76. The first-order valence-corrected chi connectivity index (χ1v) is 9.15. The number of fused-ring (bicyclic) bond motifs is 1. The number of hydrogen-bond acceptors (Lipinski definition) is 4. The maximum atomic E-state index is 13.0. The van der Waals surface area contributed by atoms with Crippen LogP contribution in [-0.2, 0) is 17.5 Å². The van der Waals surface area contributed by atoms with Crippen molar-refractivity contribution in [2.45, 2.75) is 33.0 Å². The average Bonchev–Trinajstić information content (AvgIpc) is 3.17. The van der Waals surface area contributed by atoms with E-state index in [1.165, 1.54) is 6.92 Å². The van der Waals surface area contributed by atoms with Crippen molar-refractivity contribution in [3.05, 3.63) is 41.1 Å². The maximum absolute atomic E-state index is 13.0. The molecule has 29 heavy (non-hydrogen) atoms. The number of amides is 1. The van der Waals surface area contributed by atoms with Crippen LogP contribution in [0, 0.1) is 19.8 Å². The Morgan fingerprint density at radius 3 is 2.66 bits per heavy atom. The van der Waals surface area contributed by atoms with Crippen molar-refractivity contribution in [3.63, 3.8) is 0 Å². The number of alkyl halides is 3. The largest absolute Gasteiger partial charge is 0.507 e. The Hall–Kier alpha value is -3.10. The maximum Gasteiger partial charge on any atom is 0.416 e. The van der Waals surface area contributed by atoms with Crippen molar-refractivity contribution < 1.29 is 23.1 Å². The van der Waals surface area contributed by atoms with Gasteiger partial charge in [-0.15, -0.1) is 0 Å². The molecule has 2 aromatic heterocycles. The molecule has 1 aliphatic rings. The molecule has 0 aliphatic carbocycles. The number of pyridine rings is 1. The van der Waals surface area contributed by atoms with Crippen molar-refractivity contribution >= 4 is 16.9 Å². The Bertz CT molecular complexity index is 1100. The van der Waals surface area contributed by atoms with Gasteiger partial charge in [0.2, 0.25) is 5.91 Å². The summed E-state index contributed by atoms with van der Waals surface area (Å²) >= 11 is 0. The number of rotatable bonds is 3. The highest BCUT2D eigenvalue weighted by Crippen LogP contribution is 2.38. The fraction of sp³-hybridized carbons (Fsp3) is 0.350. The second-order valence-corrected chi connectivity index (χ2v) is 7.39. The van der Waals surface area contributed by atoms with Gasteiger partial charge in [-0.1, -0.05) is 0 Å². The molecule has 0 radical (unpaired) electrons. The SMILES string of the molecule is Cc1cc(C(F)(F)F)cc(O)c1-c1ccc2c(C)n(CC3CNC(=O)C3)nc2n1. The Kier molecular flexibility index (Phi) is 4.48. The van der Waals surface area contributed by atoms with Crippen LogP contribution >= 0.6 is 0 Å². The van der Waals surface area contributed by atoms with Crippen LogP contribution < -0.4 is 5.32 Å². The van der Waals surface area contributed by atoms with Gasteiger partial charge in [0, 0.05) is 42.1 Å². The van der Waals surface area contributed by atoms with E-state index in [1.807, 2.05) is 6.92 Å². The number of aromatic hydroxyl groups is 1. The number of aryl methyl sites for hydroxylation is 2. The van der Waals surface area contributed by atoms with Gasteiger partial charge in [-0.2, -0.15) is 18.3 Å². The molecule has 1 unspecified atom stereocenters. The number of nitrogens with zero attached hydrogens (tertiary/aromatic N) is 3. The summed E-state index contributed by atoms with van der Waals surface area (Å²) in [6.07, 6.45) is -4.09. The van der Waals surface area contributed by atoms with E-state index in [2.05, 4.69) is 15.4 Å². The quantitative estimate of drug-likeness (QED) is 0.699. The molecule has 1 aromatic carbocycles. The van der Waals surface area contributed by atoms with Crippen LogP contribution in [0.4, 0.5) is 13.2 Å². The van der Waals surface area contributed by atoms with Crippen LogP contribution in [-0.4, -0.2) is 32.3 Å². The summed E-state index contributed by atoms with van der Waals surface area (Å²) in [4.78, 5) is 15.9. The molecular formula is C20H19F3N4O2. The van der Waals surface area contributed by atoms with Crippen molar-refractivity contribution in [1.82, 2.24) is 20.1 Å². The van der Waals surface area contributed by atoms with E-state index in [0.29, 0.717) is 36.9 Å². The molecule has 9 heteroatoms. The standard InChI is InChI=1S/C20H19F3N4O2/c1-10-5-13(20(21,22)23)7-16(28)18(10)15-4-3-14-11(2)27(26-19(14)25-15)9-12-6-17(29)24-8-12/h3-5,7,12,28H,6,8-9H2,1-2H3,(H,24,29). The predicted octanol–water partition coefficient (Wildman–Crippen LogP) is 3.58. The van der Waals surface area contributed by atoms with Crippen LogP contribution in [0.5, 0.6) is 5.75 Å². The van der Waals surface area contributed by atoms with Gasteiger partial charge < -0.3 is 10.4 Å². The Morgan fingerprint density at radius 1 is 1.28 bits per heavy atom. The minimum atomic E-state index is -4.54. The predicted molar refractivity (Wildman–Crippen MR) is 100 cm³/mol. The lowest BCUT2D eigenvalue weighted by molar-refractivity contribution is -0.137. The minimum absolute atomic E-state index is 0.0260. The Labute approximate surface area is 164 Å². The molecule has 3 heterocycles. The molecule has 1 saturated heterocycles. The highest BCUT2D eigenvalue weighted by molar-refractivity contribution is 5.83. The number of phenolic OH excluding ortho intramolecular Hbond substituents is 1. The van der Waals surface area contributed by atoms with Crippen LogP contribution in [0.2, 0.25) is 0 Å². The summed E-state index contributed by atoms with van der Waals surface area (Å²) in [7, 11) is 0. The summed E-state index contributed by atoms with van der Waals surface area (Å²) in [6.45, 7) is 4.58. The lowest BCUT2D eigenvalue weighted by Gasteiger charge is -2.13. The number of phenols is 1. The third kappa shape index (κ3) is 3.52. The molecule has 2 N–H and O–H groups in total. The molecule has 1 atom stereocenters. The molecule has 1 aliphatic heterocycles. The average molecular weight is 404 g/mol. The molecular weight excluding hydrogens is 385 g/mol. The molecule has 1 amide bonds.